The van der Waals surface area contributed by atoms with Crippen molar-refractivity contribution in [2.45, 2.75) is 6.92 Å². The number of hydrogen-bond acceptors (Lipinski definition) is 5. The fraction of sp³-hybridized carbons (Fsp3) is 0.133. The lowest BCUT2D eigenvalue weighted by molar-refractivity contribution is 0.873. The van der Waals surface area contributed by atoms with Crippen LogP contribution in [-0.4, -0.2) is 14.5 Å². The molecule has 0 atom stereocenters. The van der Waals surface area contributed by atoms with Gasteiger partial charge in [0.1, 0.15) is 17.5 Å². The zero-order valence-electron chi connectivity index (χ0n) is 11.8. The Morgan fingerprint density at radius 3 is 2.81 bits per heavy atom. The van der Waals surface area contributed by atoms with E-state index in [0.29, 0.717) is 17.0 Å². The van der Waals surface area contributed by atoms with E-state index in [1.54, 1.807) is 25.5 Å². The standard InChI is InChI=1S/C15H15N5O/c1-9-3-5-17-11(7-9)18-12-8-10-4-6-20(2)15(21)13(10)14(16)19-12/h3-8H,1-2H3,(H3,16,17,18,19). The van der Waals surface area contributed by atoms with E-state index in [9.17, 15) is 4.79 Å². The predicted molar refractivity (Wildman–Crippen MR) is 83.7 cm³/mol. The first-order valence-corrected chi connectivity index (χ1v) is 6.50. The number of nitrogens with zero attached hydrogens (tertiary/aromatic N) is 3. The summed E-state index contributed by atoms with van der Waals surface area (Å²) in [5.41, 5.74) is 6.86. The van der Waals surface area contributed by atoms with Crippen molar-refractivity contribution in [3.63, 3.8) is 0 Å². The van der Waals surface area contributed by atoms with Crippen molar-refractivity contribution in [2.75, 3.05) is 11.1 Å². The van der Waals surface area contributed by atoms with Crippen LogP contribution in [0, 0.1) is 6.92 Å². The molecule has 0 saturated heterocycles. The van der Waals surface area contributed by atoms with Gasteiger partial charge < -0.3 is 15.6 Å². The molecule has 0 fully saturated rings. The molecule has 3 N–H and O–H groups in total. The first kappa shape index (κ1) is 13.1. The van der Waals surface area contributed by atoms with Crippen LogP contribution in [0.25, 0.3) is 10.8 Å². The maximum atomic E-state index is 12.1. The highest BCUT2D eigenvalue weighted by molar-refractivity contribution is 5.92. The van der Waals surface area contributed by atoms with Gasteiger partial charge in [0.15, 0.2) is 0 Å². The predicted octanol–water partition coefficient (Wildman–Crippen LogP) is 1.96. The number of nitrogens with one attached hydrogen (secondary N) is 1. The number of anilines is 3. The molecule has 0 aliphatic heterocycles. The van der Waals surface area contributed by atoms with Crippen LogP contribution < -0.4 is 16.6 Å². The van der Waals surface area contributed by atoms with Gasteiger partial charge in [0.2, 0.25) is 0 Å². The molecule has 0 amide bonds. The van der Waals surface area contributed by atoms with Crippen molar-refractivity contribution in [3.05, 3.63) is 52.6 Å². The Morgan fingerprint density at radius 2 is 2.05 bits per heavy atom. The van der Waals surface area contributed by atoms with Crippen LogP contribution in [0.15, 0.2) is 41.5 Å². The van der Waals surface area contributed by atoms with Crippen LogP contribution in [0.4, 0.5) is 17.5 Å². The maximum Gasteiger partial charge on any atom is 0.261 e. The van der Waals surface area contributed by atoms with Crippen molar-refractivity contribution in [3.8, 4) is 0 Å². The van der Waals surface area contributed by atoms with Gasteiger partial charge in [-0.05, 0) is 42.1 Å². The number of rotatable bonds is 2. The topological polar surface area (TPSA) is 85.8 Å². The van der Waals surface area contributed by atoms with Gasteiger partial charge in [0.25, 0.3) is 5.56 Å². The summed E-state index contributed by atoms with van der Waals surface area (Å²) in [6, 6.07) is 7.45. The fourth-order valence-corrected chi connectivity index (χ4v) is 2.19. The number of hydrogen-bond donors (Lipinski definition) is 2. The molecular formula is C15H15N5O. The Labute approximate surface area is 121 Å². The third-order valence-electron chi connectivity index (χ3n) is 3.26. The maximum absolute atomic E-state index is 12.1. The molecule has 0 spiro atoms. The van der Waals surface area contributed by atoms with Gasteiger partial charge in [0, 0.05) is 19.4 Å². The van der Waals surface area contributed by atoms with E-state index < -0.39 is 0 Å². The number of pyridine rings is 3. The van der Waals surface area contributed by atoms with Crippen LogP contribution in [0.2, 0.25) is 0 Å². The average molecular weight is 281 g/mol. The highest BCUT2D eigenvalue weighted by Gasteiger charge is 2.08. The zero-order chi connectivity index (χ0) is 15.0. The number of nitrogens with two attached hydrogens (primary N) is 1. The average Bonchev–Trinajstić information content (AvgIpc) is 2.42. The minimum absolute atomic E-state index is 0.155. The van der Waals surface area contributed by atoms with Crippen LogP contribution in [0.5, 0.6) is 0 Å². The van der Waals surface area contributed by atoms with Gasteiger partial charge >= 0.3 is 0 Å². The van der Waals surface area contributed by atoms with E-state index in [0.717, 1.165) is 10.9 Å². The monoisotopic (exact) mass is 281 g/mol. The molecule has 6 heteroatoms. The molecule has 0 radical (unpaired) electrons. The molecule has 106 valence electrons. The van der Waals surface area contributed by atoms with Crippen molar-refractivity contribution in [1.29, 1.82) is 0 Å². The number of aryl methyl sites for hydroxylation is 2. The first-order chi connectivity index (χ1) is 10.0. The van der Waals surface area contributed by atoms with Gasteiger partial charge in [-0.1, -0.05) is 0 Å². The minimum atomic E-state index is -0.155. The molecular weight excluding hydrogens is 266 g/mol. The quantitative estimate of drug-likeness (QED) is 0.750. The van der Waals surface area contributed by atoms with Crippen LogP contribution in [-0.2, 0) is 7.05 Å². The third kappa shape index (κ3) is 2.43. The highest BCUT2D eigenvalue weighted by atomic mass is 16.1. The van der Waals surface area contributed by atoms with Gasteiger partial charge in [-0.25, -0.2) is 9.97 Å². The molecule has 0 aliphatic rings. The van der Waals surface area contributed by atoms with Crippen LogP contribution >= 0.6 is 0 Å². The summed E-state index contributed by atoms with van der Waals surface area (Å²) < 4.78 is 1.48. The molecule has 3 heterocycles. The van der Waals surface area contributed by atoms with Crippen molar-refractivity contribution >= 4 is 28.2 Å². The summed E-state index contributed by atoms with van der Waals surface area (Å²) in [6.07, 6.45) is 3.43. The molecule has 3 rings (SSSR count). The molecule has 21 heavy (non-hydrogen) atoms. The molecule has 0 saturated carbocycles. The second-order valence-corrected chi connectivity index (χ2v) is 4.93. The van der Waals surface area contributed by atoms with Gasteiger partial charge in [0.05, 0.1) is 5.39 Å². The fourth-order valence-electron chi connectivity index (χ4n) is 2.19. The van der Waals surface area contributed by atoms with Gasteiger partial charge in [-0.3, -0.25) is 4.79 Å². The first-order valence-electron chi connectivity index (χ1n) is 6.50. The molecule has 3 aromatic heterocycles. The third-order valence-corrected chi connectivity index (χ3v) is 3.26. The summed E-state index contributed by atoms with van der Waals surface area (Å²) in [5, 5.41) is 4.28. The molecule has 0 bridgehead atoms. The zero-order valence-corrected chi connectivity index (χ0v) is 11.8. The van der Waals surface area contributed by atoms with Crippen molar-refractivity contribution < 1.29 is 0 Å². The Kier molecular flexibility index (Phi) is 3.06. The summed E-state index contributed by atoms with van der Waals surface area (Å²) in [5.74, 6) is 1.46. The second-order valence-electron chi connectivity index (χ2n) is 4.93. The van der Waals surface area contributed by atoms with Gasteiger partial charge in [-0.15, -0.1) is 0 Å². The molecule has 0 unspecified atom stereocenters. The van der Waals surface area contributed by atoms with Crippen LogP contribution in [0.3, 0.4) is 0 Å². The molecule has 0 aromatic carbocycles. The SMILES string of the molecule is Cc1ccnc(Nc2cc3ccn(C)c(=O)c3c(N)n2)c1. The van der Waals surface area contributed by atoms with E-state index in [-0.39, 0.29) is 11.4 Å². The number of fused-ring (bicyclic) bond motifs is 1. The van der Waals surface area contributed by atoms with E-state index in [1.807, 2.05) is 25.1 Å². The smallest absolute Gasteiger partial charge is 0.261 e. The summed E-state index contributed by atoms with van der Waals surface area (Å²) >= 11 is 0. The number of nitrogen functional groups attached to an aromatic ring is 1. The Balaban J connectivity index is 2.09. The normalized spacial score (nSPS) is 10.8. The van der Waals surface area contributed by atoms with Gasteiger partial charge in [-0.2, -0.15) is 0 Å². The lowest BCUT2D eigenvalue weighted by Gasteiger charge is -2.09. The Hall–Kier alpha value is -2.89. The molecule has 3 aromatic rings. The Bertz CT molecular complexity index is 885. The van der Waals surface area contributed by atoms with Crippen molar-refractivity contribution in [1.82, 2.24) is 14.5 Å². The lowest BCUT2D eigenvalue weighted by Crippen LogP contribution is -2.17. The highest BCUT2D eigenvalue weighted by Crippen LogP contribution is 2.21. The van der Waals surface area contributed by atoms with E-state index in [1.165, 1.54) is 4.57 Å². The summed E-state index contributed by atoms with van der Waals surface area (Å²) in [7, 11) is 1.68. The molecule has 0 aliphatic carbocycles. The lowest BCUT2D eigenvalue weighted by atomic mass is 10.2. The van der Waals surface area contributed by atoms with E-state index >= 15 is 0 Å². The summed E-state index contributed by atoms with van der Waals surface area (Å²) in [6.45, 7) is 1.98. The van der Waals surface area contributed by atoms with Crippen molar-refractivity contribution in [2.24, 2.45) is 7.05 Å². The second kappa shape index (κ2) is 4.90. The van der Waals surface area contributed by atoms with E-state index in [4.69, 9.17) is 5.73 Å². The minimum Gasteiger partial charge on any atom is -0.383 e. The van der Waals surface area contributed by atoms with E-state index in [2.05, 4.69) is 15.3 Å². The van der Waals surface area contributed by atoms with Crippen LogP contribution in [0.1, 0.15) is 5.56 Å². The summed E-state index contributed by atoms with van der Waals surface area (Å²) in [4.78, 5) is 20.5. The number of aromatic nitrogens is 3. The molecule has 6 nitrogen and oxygen atoms in total. The Morgan fingerprint density at radius 1 is 1.24 bits per heavy atom. The largest absolute Gasteiger partial charge is 0.383 e.